The summed E-state index contributed by atoms with van der Waals surface area (Å²) in [4.78, 5) is 17.0. The number of aromatic nitrogens is 1. The first-order chi connectivity index (χ1) is 14.5. The predicted octanol–water partition coefficient (Wildman–Crippen LogP) is 6.35. The first-order valence-electron chi connectivity index (χ1n) is 9.49. The number of alkyl halides is 5. The normalized spacial score (nSPS) is 17.9. The zero-order valence-electron chi connectivity index (χ0n) is 16.5. The Morgan fingerprint density at radius 2 is 1.84 bits per heavy atom. The molecule has 1 aromatic carbocycles. The second-order valence-corrected chi connectivity index (χ2v) is 8.88. The van der Waals surface area contributed by atoms with Crippen LogP contribution in [-0.2, 0) is 11.6 Å². The summed E-state index contributed by atoms with van der Waals surface area (Å²) in [5.74, 6) is -3.32. The summed E-state index contributed by atoms with van der Waals surface area (Å²) >= 11 is 7.65. The molecule has 3 rings (SSSR count). The van der Waals surface area contributed by atoms with Gasteiger partial charge in [-0.1, -0.05) is 17.7 Å². The minimum absolute atomic E-state index is 0.00642. The highest BCUT2D eigenvalue weighted by Gasteiger charge is 2.45. The Morgan fingerprint density at radius 1 is 1.16 bits per heavy atom. The van der Waals surface area contributed by atoms with Crippen molar-refractivity contribution in [3.8, 4) is 0 Å². The molecular weight excluding hydrogens is 459 g/mol. The molecule has 0 saturated heterocycles. The van der Waals surface area contributed by atoms with Gasteiger partial charge in [0, 0.05) is 35.9 Å². The Hall–Kier alpha value is -1.87. The monoisotopic (exact) mass is 478 g/mol. The third kappa shape index (κ3) is 5.49. The van der Waals surface area contributed by atoms with Crippen LogP contribution in [0.25, 0.3) is 0 Å². The number of pyridine rings is 1. The van der Waals surface area contributed by atoms with Crippen molar-refractivity contribution in [3.05, 3.63) is 58.4 Å². The van der Waals surface area contributed by atoms with Gasteiger partial charge >= 0.3 is 6.18 Å². The first kappa shape index (κ1) is 23.8. The molecule has 1 N–H and O–H groups in total. The van der Waals surface area contributed by atoms with Crippen molar-refractivity contribution >= 4 is 29.3 Å². The maximum Gasteiger partial charge on any atom is 0.433 e. The fourth-order valence-corrected chi connectivity index (χ4v) is 4.46. The highest BCUT2D eigenvalue weighted by molar-refractivity contribution is 7.98. The fourth-order valence-electron chi connectivity index (χ4n) is 3.69. The lowest BCUT2D eigenvalue weighted by atomic mass is 9.68. The van der Waals surface area contributed by atoms with E-state index in [2.05, 4.69) is 10.3 Å². The zero-order chi connectivity index (χ0) is 22.9. The number of amides is 1. The molecule has 0 aliphatic heterocycles. The second kappa shape index (κ2) is 8.94. The molecule has 1 heterocycles. The highest BCUT2D eigenvalue weighted by atomic mass is 35.5. The van der Waals surface area contributed by atoms with Crippen molar-refractivity contribution in [1.29, 1.82) is 0 Å². The van der Waals surface area contributed by atoms with Crippen molar-refractivity contribution < 1.29 is 26.7 Å². The number of benzene rings is 1. The quantitative estimate of drug-likeness (QED) is 0.402. The average Bonchev–Trinajstić information content (AvgIpc) is 2.72. The molecule has 0 radical (unpaired) electrons. The summed E-state index contributed by atoms with van der Waals surface area (Å²) in [5, 5.41) is 2.99. The molecule has 1 aliphatic rings. The molecule has 3 nitrogen and oxygen atoms in total. The van der Waals surface area contributed by atoms with Gasteiger partial charge in [-0.2, -0.15) is 13.2 Å². The van der Waals surface area contributed by atoms with E-state index in [1.54, 1.807) is 18.2 Å². The molecule has 1 amide bonds. The Kier molecular flexibility index (Phi) is 6.86. The van der Waals surface area contributed by atoms with Crippen molar-refractivity contribution in [2.45, 2.75) is 48.1 Å². The van der Waals surface area contributed by atoms with E-state index in [4.69, 9.17) is 11.6 Å². The molecule has 1 saturated carbocycles. The van der Waals surface area contributed by atoms with E-state index in [0.29, 0.717) is 5.56 Å². The third-order valence-corrected chi connectivity index (χ3v) is 6.65. The van der Waals surface area contributed by atoms with Crippen LogP contribution < -0.4 is 5.32 Å². The average molecular weight is 479 g/mol. The molecule has 168 valence electrons. The van der Waals surface area contributed by atoms with Gasteiger partial charge in [0.25, 0.3) is 5.91 Å². The van der Waals surface area contributed by atoms with E-state index < -0.39 is 42.0 Å². The Morgan fingerprint density at radius 3 is 2.35 bits per heavy atom. The summed E-state index contributed by atoms with van der Waals surface area (Å²) in [5.41, 5.74) is -1.38. The van der Waals surface area contributed by atoms with Crippen LogP contribution in [0.3, 0.4) is 0 Å². The number of halogens is 6. The SMILES string of the molecule is CSc1ccc(C(=O)NCC2(c3ccc(C(F)(F)F)nc3)CCC(F)(F)CC2)c(Cl)c1. The number of hydrogen-bond acceptors (Lipinski definition) is 3. The zero-order valence-corrected chi connectivity index (χ0v) is 18.1. The number of rotatable bonds is 5. The number of hydrogen-bond donors (Lipinski definition) is 1. The topological polar surface area (TPSA) is 42.0 Å². The smallest absolute Gasteiger partial charge is 0.351 e. The van der Waals surface area contributed by atoms with Crippen LogP contribution in [0.4, 0.5) is 22.0 Å². The molecule has 31 heavy (non-hydrogen) atoms. The van der Waals surface area contributed by atoms with Crippen molar-refractivity contribution in [1.82, 2.24) is 10.3 Å². The van der Waals surface area contributed by atoms with Crippen molar-refractivity contribution in [2.75, 3.05) is 12.8 Å². The maximum atomic E-state index is 13.8. The number of thioether (sulfide) groups is 1. The van der Waals surface area contributed by atoms with Gasteiger partial charge in [0.1, 0.15) is 5.69 Å². The van der Waals surface area contributed by atoms with Crippen LogP contribution in [0, 0.1) is 0 Å². The summed E-state index contributed by atoms with van der Waals surface area (Å²) in [7, 11) is 0. The summed E-state index contributed by atoms with van der Waals surface area (Å²) in [6.07, 6.45) is -2.50. The van der Waals surface area contributed by atoms with Gasteiger partial charge in [0.05, 0.1) is 10.6 Å². The van der Waals surface area contributed by atoms with Crippen LogP contribution in [0.2, 0.25) is 5.02 Å². The van der Waals surface area contributed by atoms with E-state index in [1.807, 2.05) is 6.26 Å². The lowest BCUT2D eigenvalue weighted by molar-refractivity contribution is -0.141. The molecule has 0 unspecified atom stereocenters. The Labute approximate surface area is 185 Å². The molecule has 2 aromatic rings. The number of carbonyl (C=O) groups is 1. The predicted molar refractivity (Wildman–Crippen MR) is 110 cm³/mol. The lowest BCUT2D eigenvalue weighted by Crippen LogP contribution is -2.45. The standard InChI is InChI=1S/C21H20ClF5N2OS/c1-31-14-3-4-15(16(22)10-14)18(30)29-12-19(6-8-20(23,24)9-7-19)13-2-5-17(28-11-13)21(25,26)27/h2-5,10-11H,6-9,12H2,1H3,(H,29,30). The number of carbonyl (C=O) groups excluding carboxylic acids is 1. The summed E-state index contributed by atoms with van der Waals surface area (Å²) < 4.78 is 66.2. The molecule has 1 fully saturated rings. The van der Waals surface area contributed by atoms with Crippen molar-refractivity contribution in [2.24, 2.45) is 0 Å². The molecule has 0 spiro atoms. The van der Waals surface area contributed by atoms with Crippen molar-refractivity contribution in [3.63, 3.8) is 0 Å². The summed E-state index contributed by atoms with van der Waals surface area (Å²) in [6.45, 7) is -0.0183. The van der Waals surface area contributed by atoms with Gasteiger partial charge < -0.3 is 5.32 Å². The molecule has 1 aromatic heterocycles. The van der Waals surface area contributed by atoms with E-state index in [9.17, 15) is 26.7 Å². The second-order valence-electron chi connectivity index (χ2n) is 7.59. The van der Waals surface area contributed by atoms with Gasteiger partial charge in [0.15, 0.2) is 0 Å². The highest BCUT2D eigenvalue weighted by Crippen LogP contribution is 2.45. The molecule has 0 atom stereocenters. The lowest BCUT2D eigenvalue weighted by Gasteiger charge is -2.40. The third-order valence-electron chi connectivity index (χ3n) is 5.61. The largest absolute Gasteiger partial charge is 0.433 e. The van der Waals surface area contributed by atoms with Crippen LogP contribution in [0.5, 0.6) is 0 Å². The molecule has 0 bridgehead atoms. The molecular formula is C21H20ClF5N2OS. The van der Waals surface area contributed by atoms with E-state index >= 15 is 0 Å². The van der Waals surface area contributed by atoms with Gasteiger partial charge in [-0.25, -0.2) is 8.78 Å². The van der Waals surface area contributed by atoms with Crippen LogP contribution in [0.15, 0.2) is 41.4 Å². The Balaban J connectivity index is 1.84. The fraction of sp³-hybridized carbons (Fsp3) is 0.429. The Bertz CT molecular complexity index is 940. The van der Waals surface area contributed by atoms with Crippen LogP contribution in [-0.4, -0.2) is 29.6 Å². The van der Waals surface area contributed by atoms with Gasteiger partial charge in [-0.3, -0.25) is 9.78 Å². The number of nitrogens with one attached hydrogen (secondary N) is 1. The van der Waals surface area contributed by atoms with Gasteiger partial charge in [0.2, 0.25) is 5.92 Å². The number of nitrogens with zero attached hydrogens (tertiary/aromatic N) is 1. The van der Waals surface area contributed by atoms with Gasteiger partial charge in [-0.05, 0) is 48.9 Å². The minimum atomic E-state index is -4.60. The van der Waals surface area contributed by atoms with Gasteiger partial charge in [-0.15, -0.1) is 11.8 Å². The van der Waals surface area contributed by atoms with E-state index in [1.165, 1.54) is 17.8 Å². The first-order valence-corrected chi connectivity index (χ1v) is 11.1. The minimum Gasteiger partial charge on any atom is -0.351 e. The van der Waals surface area contributed by atoms with E-state index in [0.717, 1.165) is 17.2 Å². The van der Waals surface area contributed by atoms with Crippen LogP contribution in [0.1, 0.15) is 47.3 Å². The molecule has 1 aliphatic carbocycles. The van der Waals surface area contributed by atoms with Crippen LogP contribution >= 0.6 is 23.4 Å². The van der Waals surface area contributed by atoms with E-state index in [-0.39, 0.29) is 30.0 Å². The maximum absolute atomic E-state index is 13.8. The molecule has 10 heteroatoms. The summed E-state index contributed by atoms with van der Waals surface area (Å²) in [6, 6.07) is 7.06.